The molecule has 1 aromatic rings. The van der Waals surface area contributed by atoms with Crippen molar-refractivity contribution >= 4 is 0 Å². The minimum absolute atomic E-state index is 0.135. The first kappa shape index (κ1) is 14.5. The first-order chi connectivity index (χ1) is 9.13. The van der Waals surface area contributed by atoms with Crippen molar-refractivity contribution < 1.29 is 10.2 Å². The third-order valence-corrected chi connectivity index (χ3v) is 4.43. The highest BCUT2D eigenvalue weighted by Crippen LogP contribution is 2.34. The molecule has 19 heavy (non-hydrogen) atoms. The van der Waals surface area contributed by atoms with Gasteiger partial charge in [0.25, 0.3) is 0 Å². The molecule has 0 radical (unpaired) electrons. The van der Waals surface area contributed by atoms with Crippen molar-refractivity contribution in [1.29, 1.82) is 0 Å². The van der Waals surface area contributed by atoms with Crippen LogP contribution in [0.4, 0.5) is 0 Å². The lowest BCUT2D eigenvalue weighted by Gasteiger charge is -2.26. The molecule has 0 aromatic heterocycles. The van der Waals surface area contributed by atoms with Gasteiger partial charge in [0.1, 0.15) is 0 Å². The molecule has 2 heteroatoms. The summed E-state index contributed by atoms with van der Waals surface area (Å²) in [7, 11) is 0. The standard InChI is InChI=1S/C17H26O2/c1-17(19,12-5-13-18)16-10-8-15(9-11-16)14-6-3-2-4-7-14/h8-11,14,18-19H,2-7,12-13H2,1H3. The van der Waals surface area contributed by atoms with Crippen molar-refractivity contribution in [3.8, 4) is 0 Å². The van der Waals surface area contributed by atoms with Crippen LogP contribution in [-0.4, -0.2) is 16.8 Å². The molecule has 2 N–H and O–H groups in total. The number of aliphatic hydroxyl groups excluding tert-OH is 1. The lowest BCUT2D eigenvalue weighted by Crippen LogP contribution is -2.21. The summed E-state index contributed by atoms with van der Waals surface area (Å²) in [5.74, 6) is 0.713. The topological polar surface area (TPSA) is 40.5 Å². The van der Waals surface area contributed by atoms with Gasteiger partial charge < -0.3 is 10.2 Å². The molecule has 1 aliphatic rings. The highest BCUT2D eigenvalue weighted by Gasteiger charge is 2.23. The van der Waals surface area contributed by atoms with E-state index >= 15 is 0 Å². The average molecular weight is 262 g/mol. The second-order valence-electron chi connectivity index (χ2n) is 6.06. The minimum Gasteiger partial charge on any atom is -0.396 e. The maximum atomic E-state index is 10.4. The normalized spacial score (nSPS) is 20.2. The monoisotopic (exact) mass is 262 g/mol. The molecule has 1 saturated carbocycles. The zero-order valence-corrected chi connectivity index (χ0v) is 11.9. The Balaban J connectivity index is 2.04. The molecule has 0 bridgehead atoms. The third kappa shape index (κ3) is 3.80. The largest absolute Gasteiger partial charge is 0.396 e. The van der Waals surface area contributed by atoms with Crippen LogP contribution < -0.4 is 0 Å². The summed E-state index contributed by atoms with van der Waals surface area (Å²) in [5, 5.41) is 19.3. The number of benzene rings is 1. The Labute approximate surface area is 116 Å². The van der Waals surface area contributed by atoms with Gasteiger partial charge in [0.15, 0.2) is 0 Å². The van der Waals surface area contributed by atoms with Gasteiger partial charge in [-0.05, 0) is 49.7 Å². The summed E-state index contributed by atoms with van der Waals surface area (Å²) in [6.45, 7) is 1.97. The summed E-state index contributed by atoms with van der Waals surface area (Å²) in [6.07, 6.45) is 7.93. The van der Waals surface area contributed by atoms with Crippen LogP contribution in [0.5, 0.6) is 0 Å². The fraction of sp³-hybridized carbons (Fsp3) is 0.647. The molecular weight excluding hydrogens is 236 g/mol. The van der Waals surface area contributed by atoms with E-state index in [9.17, 15) is 5.11 Å². The number of hydrogen-bond donors (Lipinski definition) is 2. The molecule has 0 heterocycles. The van der Waals surface area contributed by atoms with E-state index in [2.05, 4.69) is 24.3 Å². The molecule has 0 amide bonds. The molecule has 1 unspecified atom stereocenters. The molecule has 106 valence electrons. The molecule has 0 spiro atoms. The predicted octanol–water partition coefficient (Wildman–Crippen LogP) is 3.71. The van der Waals surface area contributed by atoms with Gasteiger partial charge in [0.05, 0.1) is 5.60 Å². The molecule has 2 nitrogen and oxygen atoms in total. The second kappa shape index (κ2) is 6.53. The number of hydrogen-bond acceptors (Lipinski definition) is 2. The van der Waals surface area contributed by atoms with E-state index in [0.29, 0.717) is 18.8 Å². The lowest BCUT2D eigenvalue weighted by molar-refractivity contribution is 0.0403. The van der Waals surface area contributed by atoms with Gasteiger partial charge in [-0.2, -0.15) is 0 Å². The molecular formula is C17H26O2. The Hall–Kier alpha value is -0.860. The molecule has 0 aliphatic heterocycles. The second-order valence-corrected chi connectivity index (χ2v) is 6.06. The van der Waals surface area contributed by atoms with E-state index in [4.69, 9.17) is 5.11 Å². The lowest BCUT2D eigenvalue weighted by atomic mass is 9.82. The van der Waals surface area contributed by atoms with E-state index in [1.54, 1.807) is 0 Å². The van der Waals surface area contributed by atoms with Gasteiger partial charge >= 0.3 is 0 Å². The summed E-state index contributed by atoms with van der Waals surface area (Å²) in [5.41, 5.74) is 1.55. The molecule has 0 saturated heterocycles. The number of aliphatic hydroxyl groups is 2. The van der Waals surface area contributed by atoms with E-state index in [-0.39, 0.29) is 6.61 Å². The summed E-state index contributed by atoms with van der Waals surface area (Å²) >= 11 is 0. The maximum Gasteiger partial charge on any atom is 0.0869 e. The smallest absolute Gasteiger partial charge is 0.0869 e. The van der Waals surface area contributed by atoms with Crippen molar-refractivity contribution in [2.24, 2.45) is 0 Å². The van der Waals surface area contributed by atoms with E-state index in [0.717, 1.165) is 5.56 Å². The van der Waals surface area contributed by atoms with Gasteiger partial charge in [0.2, 0.25) is 0 Å². The summed E-state index contributed by atoms with van der Waals surface area (Å²) < 4.78 is 0. The molecule has 1 atom stereocenters. The SMILES string of the molecule is CC(O)(CCCO)c1ccc(C2CCCCC2)cc1. The van der Waals surface area contributed by atoms with Crippen molar-refractivity contribution in [1.82, 2.24) is 0 Å². The van der Waals surface area contributed by atoms with Crippen molar-refractivity contribution in [3.63, 3.8) is 0 Å². The van der Waals surface area contributed by atoms with Gasteiger partial charge in [-0.15, -0.1) is 0 Å². The zero-order chi connectivity index (χ0) is 13.7. The van der Waals surface area contributed by atoms with Gasteiger partial charge in [-0.25, -0.2) is 0 Å². The van der Waals surface area contributed by atoms with Crippen molar-refractivity contribution in [2.45, 2.75) is 63.4 Å². The fourth-order valence-electron chi connectivity index (χ4n) is 3.12. The summed E-state index contributed by atoms with van der Waals surface area (Å²) in [4.78, 5) is 0. The first-order valence-corrected chi connectivity index (χ1v) is 7.57. The maximum absolute atomic E-state index is 10.4. The number of rotatable bonds is 5. The van der Waals surface area contributed by atoms with Gasteiger partial charge in [0, 0.05) is 6.61 Å². The summed E-state index contributed by atoms with van der Waals surface area (Å²) in [6, 6.07) is 8.47. The van der Waals surface area contributed by atoms with Crippen molar-refractivity contribution in [3.05, 3.63) is 35.4 Å². The Morgan fingerprint density at radius 3 is 2.32 bits per heavy atom. The molecule has 1 fully saturated rings. The van der Waals surface area contributed by atoms with Crippen LogP contribution >= 0.6 is 0 Å². The Morgan fingerprint density at radius 1 is 1.11 bits per heavy atom. The van der Waals surface area contributed by atoms with Gasteiger partial charge in [-0.1, -0.05) is 43.5 Å². The third-order valence-electron chi connectivity index (χ3n) is 4.43. The minimum atomic E-state index is -0.826. The Morgan fingerprint density at radius 2 is 1.74 bits per heavy atom. The molecule has 1 aromatic carbocycles. The average Bonchev–Trinajstić information content (AvgIpc) is 2.46. The Bertz CT molecular complexity index is 375. The van der Waals surface area contributed by atoms with Crippen molar-refractivity contribution in [2.75, 3.05) is 6.61 Å². The van der Waals surface area contributed by atoms with Crippen LogP contribution in [0.3, 0.4) is 0 Å². The van der Waals surface area contributed by atoms with Crippen LogP contribution in [0.15, 0.2) is 24.3 Å². The van der Waals surface area contributed by atoms with Gasteiger partial charge in [-0.3, -0.25) is 0 Å². The van der Waals surface area contributed by atoms with E-state index in [1.807, 2.05) is 6.92 Å². The zero-order valence-electron chi connectivity index (χ0n) is 11.9. The van der Waals surface area contributed by atoms with Crippen LogP contribution in [0, 0.1) is 0 Å². The van der Waals surface area contributed by atoms with Crippen LogP contribution in [-0.2, 0) is 5.60 Å². The van der Waals surface area contributed by atoms with Crippen LogP contribution in [0.1, 0.15) is 68.9 Å². The Kier molecular flexibility index (Phi) is 5.00. The molecule has 2 rings (SSSR count). The van der Waals surface area contributed by atoms with Crippen LogP contribution in [0.2, 0.25) is 0 Å². The van der Waals surface area contributed by atoms with E-state index in [1.165, 1.54) is 37.7 Å². The highest BCUT2D eigenvalue weighted by molar-refractivity contribution is 5.29. The quantitative estimate of drug-likeness (QED) is 0.849. The first-order valence-electron chi connectivity index (χ1n) is 7.57. The van der Waals surface area contributed by atoms with Crippen LogP contribution in [0.25, 0.3) is 0 Å². The highest BCUT2D eigenvalue weighted by atomic mass is 16.3. The fourth-order valence-corrected chi connectivity index (χ4v) is 3.12. The predicted molar refractivity (Wildman–Crippen MR) is 78.2 cm³/mol. The molecule has 1 aliphatic carbocycles. The van der Waals surface area contributed by atoms with E-state index < -0.39 is 5.60 Å².